The maximum atomic E-state index is 13.9. The summed E-state index contributed by atoms with van der Waals surface area (Å²) < 4.78 is 20.1. The topological polar surface area (TPSA) is 54.5 Å². The van der Waals surface area contributed by atoms with Crippen molar-refractivity contribution in [3.05, 3.63) is 53.8 Å². The first kappa shape index (κ1) is 18.7. The van der Waals surface area contributed by atoms with Crippen LogP contribution in [0.15, 0.2) is 42.5 Å². The Morgan fingerprint density at radius 2 is 2.18 bits per heavy atom. The van der Waals surface area contributed by atoms with E-state index in [2.05, 4.69) is 15.2 Å². The quantitative estimate of drug-likeness (QED) is 0.705. The van der Waals surface area contributed by atoms with Gasteiger partial charge in [0, 0.05) is 25.2 Å². The number of rotatable bonds is 5. The van der Waals surface area contributed by atoms with Crippen molar-refractivity contribution in [1.82, 2.24) is 10.3 Å². The minimum absolute atomic E-state index is 0.0305. The average molecular weight is 399 g/mol. The Morgan fingerprint density at radius 1 is 1.32 bits per heavy atom. The van der Waals surface area contributed by atoms with Crippen LogP contribution < -0.4 is 15.0 Å². The maximum Gasteiger partial charge on any atom is 0.225 e. The molecule has 0 bridgehead atoms. The van der Waals surface area contributed by atoms with Gasteiger partial charge in [-0.2, -0.15) is 0 Å². The first-order valence-electron chi connectivity index (χ1n) is 9.35. The molecule has 2 heterocycles. The molecule has 28 heavy (non-hydrogen) atoms. The summed E-state index contributed by atoms with van der Waals surface area (Å²) in [4.78, 5) is 19.3. The van der Waals surface area contributed by atoms with Crippen LogP contribution in [0, 0.1) is 11.7 Å². The normalized spacial score (nSPS) is 16.9. The van der Waals surface area contributed by atoms with Gasteiger partial charge in [-0.3, -0.25) is 4.79 Å². The highest BCUT2D eigenvalue weighted by Gasteiger charge is 2.27. The summed E-state index contributed by atoms with van der Waals surface area (Å²) in [5, 5.41) is 3.81. The predicted molar refractivity (Wildman–Crippen MR) is 109 cm³/mol. The second-order valence-electron chi connectivity index (χ2n) is 6.90. The molecule has 1 saturated heterocycles. The number of halogens is 1. The number of ether oxygens (including phenoxy) is 1. The molecule has 7 heteroatoms. The number of hydrogen-bond acceptors (Lipinski definition) is 5. The first-order valence-corrected chi connectivity index (χ1v) is 10.2. The van der Waals surface area contributed by atoms with Crippen LogP contribution >= 0.6 is 11.3 Å². The van der Waals surface area contributed by atoms with Gasteiger partial charge < -0.3 is 15.0 Å². The molecule has 1 unspecified atom stereocenters. The van der Waals surface area contributed by atoms with Gasteiger partial charge in [-0.05, 0) is 31.0 Å². The molecule has 1 fully saturated rings. The number of benzene rings is 2. The number of nitrogens with zero attached hydrogens (tertiary/aromatic N) is 2. The molecule has 1 amide bonds. The highest BCUT2D eigenvalue weighted by molar-refractivity contribution is 7.22. The van der Waals surface area contributed by atoms with Gasteiger partial charge in [0.05, 0.1) is 17.7 Å². The number of hydrogen-bond donors (Lipinski definition) is 1. The molecule has 0 saturated carbocycles. The van der Waals surface area contributed by atoms with Crippen LogP contribution in [0.25, 0.3) is 10.2 Å². The SMILES string of the molecule is COc1ccccc1CNC(=O)C1CCCN(c2nc3c(F)cccc3s2)C1. The fraction of sp³-hybridized carbons (Fsp3) is 0.333. The number of anilines is 1. The van der Waals surface area contributed by atoms with Crippen LogP contribution in [-0.2, 0) is 11.3 Å². The summed E-state index contributed by atoms with van der Waals surface area (Å²) in [6.07, 6.45) is 1.75. The second kappa shape index (κ2) is 8.14. The Hall–Kier alpha value is -2.67. The number of carbonyl (C=O) groups is 1. The van der Waals surface area contributed by atoms with Crippen LogP contribution in [0.5, 0.6) is 5.75 Å². The molecule has 5 nitrogen and oxygen atoms in total. The van der Waals surface area contributed by atoms with Crippen molar-refractivity contribution in [1.29, 1.82) is 0 Å². The zero-order valence-corrected chi connectivity index (χ0v) is 16.5. The van der Waals surface area contributed by atoms with Crippen molar-refractivity contribution >= 4 is 32.6 Å². The van der Waals surface area contributed by atoms with E-state index in [-0.39, 0.29) is 17.6 Å². The molecule has 2 aromatic carbocycles. The van der Waals surface area contributed by atoms with Crippen LogP contribution in [0.2, 0.25) is 0 Å². The van der Waals surface area contributed by atoms with Gasteiger partial charge in [0.1, 0.15) is 17.1 Å². The smallest absolute Gasteiger partial charge is 0.225 e. The highest BCUT2D eigenvalue weighted by atomic mass is 32.1. The molecule has 0 spiro atoms. The average Bonchev–Trinajstić information content (AvgIpc) is 3.18. The van der Waals surface area contributed by atoms with Gasteiger partial charge in [0.25, 0.3) is 0 Å². The second-order valence-corrected chi connectivity index (χ2v) is 7.91. The maximum absolute atomic E-state index is 13.9. The van der Waals surface area contributed by atoms with E-state index in [0.29, 0.717) is 18.6 Å². The number of carbonyl (C=O) groups excluding carboxylic acids is 1. The van der Waals surface area contributed by atoms with E-state index in [1.54, 1.807) is 13.2 Å². The van der Waals surface area contributed by atoms with Crippen molar-refractivity contribution in [3.63, 3.8) is 0 Å². The van der Waals surface area contributed by atoms with Crippen molar-refractivity contribution < 1.29 is 13.9 Å². The van der Waals surface area contributed by atoms with E-state index in [1.165, 1.54) is 17.4 Å². The largest absolute Gasteiger partial charge is 0.496 e. The number of methoxy groups -OCH3 is 1. The standard InChI is InChI=1S/C21H22FN3O2S/c1-27-17-9-3-2-6-14(17)12-23-20(26)15-7-5-11-25(13-15)21-24-19-16(22)8-4-10-18(19)28-21/h2-4,6,8-10,15H,5,7,11-13H2,1H3,(H,23,26). The molecule has 1 aromatic heterocycles. The zero-order chi connectivity index (χ0) is 19.5. The van der Waals surface area contributed by atoms with E-state index in [9.17, 15) is 9.18 Å². The Labute approximate surface area is 167 Å². The summed E-state index contributed by atoms with van der Waals surface area (Å²) in [7, 11) is 1.63. The Kier molecular flexibility index (Phi) is 5.43. The predicted octanol–water partition coefficient (Wildman–Crippen LogP) is 3.98. The lowest BCUT2D eigenvalue weighted by molar-refractivity contribution is -0.125. The summed E-state index contributed by atoms with van der Waals surface area (Å²) in [5.74, 6) is 0.385. The first-order chi connectivity index (χ1) is 13.7. The van der Waals surface area contributed by atoms with E-state index in [0.717, 1.165) is 40.5 Å². The summed E-state index contributed by atoms with van der Waals surface area (Å²) >= 11 is 1.47. The molecule has 1 aliphatic rings. The van der Waals surface area contributed by atoms with E-state index in [4.69, 9.17) is 4.74 Å². The molecular weight excluding hydrogens is 377 g/mol. The third kappa shape index (κ3) is 3.80. The van der Waals surface area contributed by atoms with Gasteiger partial charge in [-0.15, -0.1) is 0 Å². The fourth-order valence-electron chi connectivity index (χ4n) is 3.58. The lowest BCUT2D eigenvalue weighted by Gasteiger charge is -2.31. The Bertz CT molecular complexity index is 991. The number of amides is 1. The minimum atomic E-state index is -0.303. The number of para-hydroxylation sites is 2. The summed E-state index contributed by atoms with van der Waals surface area (Å²) in [6, 6.07) is 12.7. The molecule has 1 aliphatic heterocycles. The monoisotopic (exact) mass is 399 g/mol. The van der Waals surface area contributed by atoms with E-state index >= 15 is 0 Å². The van der Waals surface area contributed by atoms with E-state index in [1.807, 2.05) is 30.3 Å². The summed E-state index contributed by atoms with van der Waals surface area (Å²) in [5.41, 5.74) is 1.36. The van der Waals surface area contributed by atoms with Crippen molar-refractivity contribution in [2.75, 3.05) is 25.1 Å². The minimum Gasteiger partial charge on any atom is -0.496 e. The molecule has 1 atom stereocenters. The third-order valence-corrected chi connectivity index (χ3v) is 6.15. The van der Waals surface area contributed by atoms with Gasteiger partial charge in [0.15, 0.2) is 5.13 Å². The zero-order valence-electron chi connectivity index (χ0n) is 15.7. The molecule has 3 aromatic rings. The molecule has 146 valence electrons. The van der Waals surface area contributed by atoms with Crippen molar-refractivity contribution in [3.8, 4) is 5.75 Å². The lowest BCUT2D eigenvalue weighted by atomic mass is 9.97. The molecule has 4 rings (SSSR count). The lowest BCUT2D eigenvalue weighted by Crippen LogP contribution is -2.43. The third-order valence-electron chi connectivity index (χ3n) is 5.07. The Balaban J connectivity index is 1.42. The fourth-order valence-corrected chi connectivity index (χ4v) is 4.59. The molecule has 1 N–H and O–H groups in total. The number of piperidine rings is 1. The number of nitrogens with one attached hydrogen (secondary N) is 1. The van der Waals surface area contributed by atoms with Crippen LogP contribution in [0.3, 0.4) is 0 Å². The van der Waals surface area contributed by atoms with Gasteiger partial charge in [-0.1, -0.05) is 35.6 Å². The highest BCUT2D eigenvalue weighted by Crippen LogP contribution is 2.32. The van der Waals surface area contributed by atoms with Crippen LogP contribution in [0.1, 0.15) is 18.4 Å². The number of aromatic nitrogens is 1. The van der Waals surface area contributed by atoms with Crippen molar-refractivity contribution in [2.45, 2.75) is 19.4 Å². The van der Waals surface area contributed by atoms with Crippen LogP contribution in [0.4, 0.5) is 9.52 Å². The van der Waals surface area contributed by atoms with Crippen LogP contribution in [-0.4, -0.2) is 31.1 Å². The Morgan fingerprint density at radius 3 is 3.00 bits per heavy atom. The molecule has 0 radical (unpaired) electrons. The van der Waals surface area contributed by atoms with Crippen molar-refractivity contribution in [2.24, 2.45) is 5.92 Å². The number of fused-ring (bicyclic) bond motifs is 1. The van der Waals surface area contributed by atoms with Gasteiger partial charge in [0.2, 0.25) is 5.91 Å². The van der Waals surface area contributed by atoms with E-state index < -0.39 is 0 Å². The number of thiazole rings is 1. The summed E-state index contributed by atoms with van der Waals surface area (Å²) in [6.45, 7) is 1.86. The van der Waals surface area contributed by atoms with Gasteiger partial charge >= 0.3 is 0 Å². The molecule has 0 aliphatic carbocycles. The molecular formula is C21H22FN3O2S. The van der Waals surface area contributed by atoms with Gasteiger partial charge in [-0.25, -0.2) is 9.37 Å².